The van der Waals surface area contributed by atoms with Crippen molar-refractivity contribution in [2.24, 2.45) is 0 Å². The Hall–Kier alpha value is -2.10. The van der Waals surface area contributed by atoms with Crippen molar-refractivity contribution in [2.45, 2.75) is 12.8 Å². The number of aliphatic carboxylic acids is 1. The first-order valence-corrected chi connectivity index (χ1v) is 5.30. The van der Waals surface area contributed by atoms with Crippen molar-refractivity contribution in [3.63, 3.8) is 0 Å². The molecule has 1 aromatic carbocycles. The van der Waals surface area contributed by atoms with Gasteiger partial charge in [-0.25, -0.2) is 4.79 Å². The van der Waals surface area contributed by atoms with Gasteiger partial charge in [0.25, 0.3) is 0 Å². The van der Waals surface area contributed by atoms with Gasteiger partial charge in [0.1, 0.15) is 0 Å². The van der Waals surface area contributed by atoms with Gasteiger partial charge < -0.3 is 9.84 Å². The molecule has 1 N–H and O–H groups in total. The van der Waals surface area contributed by atoms with Gasteiger partial charge in [-0.3, -0.25) is 4.79 Å². The Morgan fingerprint density at radius 1 is 1.29 bits per heavy atom. The maximum absolute atomic E-state index is 10.1. The molecule has 17 heavy (non-hydrogen) atoms. The first-order chi connectivity index (χ1) is 8.18. The zero-order chi connectivity index (χ0) is 12.5. The number of hydrogen-bond acceptors (Lipinski definition) is 3. The van der Waals surface area contributed by atoms with E-state index in [4.69, 9.17) is 5.11 Å². The topological polar surface area (TPSA) is 63.6 Å². The van der Waals surface area contributed by atoms with Crippen molar-refractivity contribution in [3.05, 3.63) is 42.0 Å². The summed E-state index contributed by atoms with van der Waals surface area (Å²) >= 11 is 0. The van der Waals surface area contributed by atoms with Crippen LogP contribution >= 0.6 is 0 Å². The molecule has 0 saturated carbocycles. The van der Waals surface area contributed by atoms with E-state index >= 15 is 0 Å². The van der Waals surface area contributed by atoms with E-state index in [1.165, 1.54) is 0 Å². The van der Waals surface area contributed by atoms with Crippen molar-refractivity contribution in [2.75, 3.05) is 6.61 Å². The number of carbonyl (C=O) groups is 2. The maximum Gasteiger partial charge on any atom is 0.328 e. The molecule has 1 heterocycles. The quantitative estimate of drug-likeness (QED) is 0.628. The normalized spacial score (nSPS) is 14.0. The minimum atomic E-state index is -0.922. The Labute approximate surface area is 99.5 Å². The fraction of sp³-hybridized carbons (Fsp3) is 0.231. The molecule has 0 spiro atoms. The minimum Gasteiger partial charge on any atom is -0.478 e. The summed E-state index contributed by atoms with van der Waals surface area (Å²) < 4.78 is 4.51. The van der Waals surface area contributed by atoms with E-state index in [0.29, 0.717) is 13.0 Å². The zero-order valence-electron chi connectivity index (χ0n) is 9.33. The Bertz CT molecular complexity index is 387. The number of hydrogen-bond donors (Lipinski definition) is 1. The Morgan fingerprint density at radius 2 is 2.00 bits per heavy atom. The summed E-state index contributed by atoms with van der Waals surface area (Å²) in [7, 11) is 0. The number of carboxylic acids is 1. The van der Waals surface area contributed by atoms with E-state index in [1.807, 2.05) is 30.3 Å². The van der Waals surface area contributed by atoms with Crippen molar-refractivity contribution in [1.29, 1.82) is 0 Å². The van der Waals surface area contributed by atoms with Gasteiger partial charge in [-0.15, -0.1) is 0 Å². The Morgan fingerprint density at radius 3 is 2.41 bits per heavy atom. The first-order valence-electron chi connectivity index (χ1n) is 5.30. The second-order valence-electron chi connectivity index (χ2n) is 3.41. The van der Waals surface area contributed by atoms with Crippen molar-refractivity contribution in [3.8, 4) is 0 Å². The number of carbonyl (C=O) groups excluding carboxylic acids is 1. The van der Waals surface area contributed by atoms with Crippen LogP contribution in [0.4, 0.5) is 0 Å². The predicted octanol–water partition coefficient (Wildman–Crippen LogP) is 2.11. The van der Waals surface area contributed by atoms with Crippen molar-refractivity contribution in [1.82, 2.24) is 0 Å². The second-order valence-corrected chi connectivity index (χ2v) is 3.41. The molecule has 90 valence electrons. The molecule has 2 rings (SSSR count). The van der Waals surface area contributed by atoms with E-state index in [-0.39, 0.29) is 5.97 Å². The standard InChI is InChI=1S/C9H8O2.C4H6O2/c10-9(11)7-6-8-4-2-1-3-5-8;5-4-2-1-3-6-4/h1-7H,(H,10,11);1-3H2. The summed E-state index contributed by atoms with van der Waals surface area (Å²) in [5.41, 5.74) is 0.898. The molecule has 1 aromatic rings. The highest BCUT2D eigenvalue weighted by atomic mass is 16.5. The van der Waals surface area contributed by atoms with Crippen LogP contribution in [-0.2, 0) is 14.3 Å². The predicted molar refractivity (Wildman–Crippen MR) is 63.3 cm³/mol. The van der Waals surface area contributed by atoms with Crippen LogP contribution in [0.3, 0.4) is 0 Å². The van der Waals surface area contributed by atoms with Gasteiger partial charge in [0.05, 0.1) is 6.61 Å². The Kier molecular flexibility index (Phi) is 5.51. The summed E-state index contributed by atoms with van der Waals surface area (Å²) in [6, 6.07) is 9.31. The van der Waals surface area contributed by atoms with Crippen molar-refractivity contribution < 1.29 is 19.4 Å². The van der Waals surface area contributed by atoms with Crippen LogP contribution in [0.25, 0.3) is 6.08 Å². The lowest BCUT2D eigenvalue weighted by molar-refractivity contribution is -0.138. The maximum atomic E-state index is 10.1. The van der Waals surface area contributed by atoms with E-state index in [0.717, 1.165) is 18.1 Å². The highest BCUT2D eigenvalue weighted by molar-refractivity contribution is 5.85. The number of cyclic esters (lactones) is 1. The molecule has 1 aliphatic heterocycles. The third-order valence-electron chi connectivity index (χ3n) is 2.01. The van der Waals surface area contributed by atoms with Crippen LogP contribution in [0, 0.1) is 0 Å². The number of esters is 1. The third kappa shape index (κ3) is 6.14. The first kappa shape index (κ1) is 13.0. The molecule has 4 nitrogen and oxygen atoms in total. The van der Waals surface area contributed by atoms with Gasteiger partial charge >= 0.3 is 11.9 Å². The Balaban J connectivity index is 0.000000202. The van der Waals surface area contributed by atoms with Gasteiger partial charge in [-0.05, 0) is 18.1 Å². The lowest BCUT2D eigenvalue weighted by Crippen LogP contribution is -1.88. The average molecular weight is 234 g/mol. The molecule has 1 saturated heterocycles. The van der Waals surface area contributed by atoms with Gasteiger partial charge in [0, 0.05) is 12.5 Å². The van der Waals surface area contributed by atoms with Crippen molar-refractivity contribution >= 4 is 18.0 Å². The molecule has 0 amide bonds. The SMILES string of the molecule is O=C(O)C=Cc1ccccc1.O=C1CCCO1. The molecule has 4 heteroatoms. The number of ether oxygens (including phenoxy) is 1. The lowest BCUT2D eigenvalue weighted by atomic mass is 10.2. The van der Waals surface area contributed by atoms with Crippen LogP contribution in [0.1, 0.15) is 18.4 Å². The molecular formula is C13H14O4. The minimum absolute atomic E-state index is 0.0463. The molecule has 0 bridgehead atoms. The zero-order valence-corrected chi connectivity index (χ0v) is 9.33. The van der Waals surface area contributed by atoms with Crippen LogP contribution in [0.5, 0.6) is 0 Å². The van der Waals surface area contributed by atoms with E-state index < -0.39 is 5.97 Å². The summed E-state index contributed by atoms with van der Waals surface area (Å²) in [5.74, 6) is -0.969. The molecule has 1 fully saturated rings. The number of rotatable bonds is 2. The van der Waals surface area contributed by atoms with E-state index in [1.54, 1.807) is 6.08 Å². The molecule has 0 aliphatic carbocycles. The third-order valence-corrected chi connectivity index (χ3v) is 2.01. The van der Waals surface area contributed by atoms with Gasteiger partial charge in [-0.1, -0.05) is 30.3 Å². The fourth-order valence-electron chi connectivity index (χ4n) is 1.21. The van der Waals surface area contributed by atoms with Crippen LogP contribution < -0.4 is 0 Å². The average Bonchev–Trinajstić information content (AvgIpc) is 2.80. The molecule has 1 aliphatic rings. The molecule has 0 aromatic heterocycles. The molecular weight excluding hydrogens is 220 g/mol. The highest BCUT2D eigenvalue weighted by Gasteiger charge is 2.08. The summed E-state index contributed by atoms with van der Waals surface area (Å²) in [6.45, 7) is 0.638. The summed E-state index contributed by atoms with van der Waals surface area (Å²) in [4.78, 5) is 20.1. The highest BCUT2D eigenvalue weighted by Crippen LogP contribution is 2.01. The second kappa shape index (κ2) is 7.22. The van der Waals surface area contributed by atoms with Crippen LogP contribution in [0.2, 0.25) is 0 Å². The van der Waals surface area contributed by atoms with E-state index in [9.17, 15) is 9.59 Å². The summed E-state index contributed by atoms with van der Waals surface area (Å²) in [5, 5.41) is 8.29. The monoisotopic (exact) mass is 234 g/mol. The number of benzene rings is 1. The number of carboxylic acid groups (broad SMARTS) is 1. The molecule has 0 unspecified atom stereocenters. The van der Waals surface area contributed by atoms with Gasteiger partial charge in [-0.2, -0.15) is 0 Å². The van der Waals surface area contributed by atoms with Crippen LogP contribution in [0.15, 0.2) is 36.4 Å². The lowest BCUT2D eigenvalue weighted by Gasteiger charge is -1.87. The molecule has 0 atom stereocenters. The molecule has 0 radical (unpaired) electrons. The largest absolute Gasteiger partial charge is 0.478 e. The fourth-order valence-corrected chi connectivity index (χ4v) is 1.21. The van der Waals surface area contributed by atoms with Crippen LogP contribution in [-0.4, -0.2) is 23.7 Å². The van der Waals surface area contributed by atoms with E-state index in [2.05, 4.69) is 4.74 Å². The summed E-state index contributed by atoms with van der Waals surface area (Å²) in [6.07, 6.45) is 4.22. The van der Waals surface area contributed by atoms with Gasteiger partial charge in [0.2, 0.25) is 0 Å². The van der Waals surface area contributed by atoms with Gasteiger partial charge in [0.15, 0.2) is 0 Å². The smallest absolute Gasteiger partial charge is 0.328 e.